The molecule has 3 rings (SSSR count). The molecule has 8 heteroatoms. The molecule has 0 unspecified atom stereocenters. The lowest BCUT2D eigenvalue weighted by Gasteiger charge is -2.26. The van der Waals surface area contributed by atoms with Gasteiger partial charge in [0.25, 0.3) is 0 Å². The van der Waals surface area contributed by atoms with Crippen LogP contribution >= 0.6 is 23.4 Å². The van der Waals surface area contributed by atoms with Gasteiger partial charge in [0.1, 0.15) is 16.5 Å². The Morgan fingerprint density at radius 3 is 2.70 bits per heavy atom. The van der Waals surface area contributed by atoms with Crippen molar-refractivity contribution in [3.8, 4) is 0 Å². The molecule has 0 bridgehead atoms. The molecule has 0 saturated carbocycles. The maximum Gasteiger partial charge on any atom is 0.244 e. The minimum absolute atomic E-state index is 0.114. The van der Waals surface area contributed by atoms with Gasteiger partial charge in [0.15, 0.2) is 0 Å². The van der Waals surface area contributed by atoms with Crippen molar-refractivity contribution < 1.29 is 17.2 Å². The molecule has 2 aromatic rings. The smallest absolute Gasteiger partial charge is 0.207 e. The highest BCUT2D eigenvalue weighted by atomic mass is 35.5. The minimum Gasteiger partial charge on any atom is -0.207 e. The van der Waals surface area contributed by atoms with Crippen LogP contribution in [0.3, 0.4) is 0 Å². The molecule has 1 heterocycles. The summed E-state index contributed by atoms with van der Waals surface area (Å²) in [6, 6.07) is 7.32. The Labute approximate surface area is 142 Å². The third-order valence-corrected chi connectivity index (χ3v) is 6.41. The molecule has 1 atom stereocenters. The van der Waals surface area contributed by atoms with Gasteiger partial charge in [-0.25, -0.2) is 21.9 Å². The fourth-order valence-corrected chi connectivity index (χ4v) is 5.06. The van der Waals surface area contributed by atoms with E-state index in [0.29, 0.717) is 22.6 Å². The van der Waals surface area contributed by atoms with E-state index in [9.17, 15) is 17.2 Å². The maximum atomic E-state index is 13.9. The van der Waals surface area contributed by atoms with Crippen LogP contribution in [0, 0.1) is 11.6 Å². The summed E-state index contributed by atoms with van der Waals surface area (Å²) in [6.45, 7) is 0. The van der Waals surface area contributed by atoms with Crippen molar-refractivity contribution >= 4 is 33.4 Å². The first-order valence-corrected chi connectivity index (χ1v) is 9.62. The van der Waals surface area contributed by atoms with Gasteiger partial charge in [0.2, 0.25) is 10.0 Å². The monoisotopic (exact) mass is 375 g/mol. The molecule has 23 heavy (non-hydrogen) atoms. The lowest BCUT2D eigenvalue weighted by atomic mass is 10.0. The quantitative estimate of drug-likeness (QED) is 0.877. The molecule has 2 aromatic carbocycles. The largest absolute Gasteiger partial charge is 0.244 e. The van der Waals surface area contributed by atoms with Crippen molar-refractivity contribution in [2.24, 2.45) is 0 Å². The van der Waals surface area contributed by atoms with Gasteiger partial charge in [0, 0.05) is 16.0 Å². The predicted molar refractivity (Wildman–Crippen MR) is 86.2 cm³/mol. The highest BCUT2D eigenvalue weighted by Crippen LogP contribution is 2.38. The molecule has 0 radical (unpaired) electrons. The summed E-state index contributed by atoms with van der Waals surface area (Å²) in [5, 5.41) is 0.114. The number of sulfonamides is 1. The topological polar surface area (TPSA) is 46.2 Å². The number of nitrogens with one attached hydrogen (secondary N) is 1. The highest BCUT2D eigenvalue weighted by molar-refractivity contribution is 7.99. The van der Waals surface area contributed by atoms with E-state index in [1.165, 1.54) is 30.0 Å². The Morgan fingerprint density at radius 1 is 1.17 bits per heavy atom. The van der Waals surface area contributed by atoms with Gasteiger partial charge in [-0.15, -0.1) is 11.8 Å². The van der Waals surface area contributed by atoms with E-state index in [4.69, 9.17) is 11.6 Å². The Kier molecular flexibility index (Phi) is 4.64. The number of halogens is 3. The highest BCUT2D eigenvalue weighted by Gasteiger charge is 2.29. The molecule has 0 amide bonds. The van der Waals surface area contributed by atoms with Gasteiger partial charge >= 0.3 is 0 Å². The van der Waals surface area contributed by atoms with Crippen molar-refractivity contribution in [1.29, 1.82) is 0 Å². The number of hydrogen-bond donors (Lipinski definition) is 1. The van der Waals surface area contributed by atoms with Gasteiger partial charge in [-0.05, 0) is 42.0 Å². The Morgan fingerprint density at radius 2 is 1.96 bits per heavy atom. The van der Waals surface area contributed by atoms with Crippen LogP contribution in [0.5, 0.6) is 0 Å². The van der Waals surface area contributed by atoms with Crippen LogP contribution in [0.4, 0.5) is 8.78 Å². The molecule has 0 saturated heterocycles. The first-order chi connectivity index (χ1) is 10.9. The van der Waals surface area contributed by atoms with Crippen LogP contribution < -0.4 is 4.72 Å². The fraction of sp³-hybridized carbons (Fsp3) is 0.200. The normalized spacial score (nSPS) is 17.8. The van der Waals surface area contributed by atoms with Gasteiger partial charge in [-0.2, -0.15) is 0 Å². The second kappa shape index (κ2) is 6.39. The van der Waals surface area contributed by atoms with E-state index in [0.717, 1.165) is 12.1 Å². The lowest BCUT2D eigenvalue weighted by Crippen LogP contribution is -2.31. The summed E-state index contributed by atoms with van der Waals surface area (Å²) >= 11 is 6.99. The summed E-state index contributed by atoms with van der Waals surface area (Å²) in [7, 11) is -4.08. The van der Waals surface area contributed by atoms with Crippen LogP contribution in [0.2, 0.25) is 5.02 Å². The molecule has 0 fully saturated rings. The number of rotatable bonds is 3. The van der Waals surface area contributed by atoms with Gasteiger partial charge in [-0.1, -0.05) is 23.7 Å². The molecule has 0 aliphatic carbocycles. The summed E-state index contributed by atoms with van der Waals surface area (Å²) in [5.41, 5.74) is 0.569. The van der Waals surface area contributed by atoms with E-state index in [2.05, 4.69) is 4.72 Å². The zero-order chi connectivity index (χ0) is 16.6. The Bertz CT molecular complexity index is 859. The van der Waals surface area contributed by atoms with E-state index in [1.54, 1.807) is 6.07 Å². The molecule has 3 nitrogen and oxygen atoms in total. The third kappa shape index (κ3) is 3.38. The number of hydrogen-bond acceptors (Lipinski definition) is 3. The van der Waals surface area contributed by atoms with Gasteiger partial charge in [-0.3, -0.25) is 0 Å². The van der Waals surface area contributed by atoms with E-state index in [1.807, 2.05) is 0 Å². The van der Waals surface area contributed by atoms with Crippen LogP contribution in [0.1, 0.15) is 18.0 Å². The molecule has 1 aliphatic heterocycles. The summed E-state index contributed by atoms with van der Waals surface area (Å²) in [5.74, 6) is -0.728. The summed E-state index contributed by atoms with van der Waals surface area (Å²) < 4.78 is 55.1. The second-order valence-electron chi connectivity index (χ2n) is 5.04. The van der Waals surface area contributed by atoms with Crippen molar-refractivity contribution in [1.82, 2.24) is 4.72 Å². The van der Waals surface area contributed by atoms with Gasteiger partial charge in [0.05, 0.1) is 0 Å². The lowest BCUT2D eigenvalue weighted by molar-refractivity contribution is 0.524. The van der Waals surface area contributed by atoms with Crippen molar-refractivity contribution in [2.45, 2.75) is 22.3 Å². The van der Waals surface area contributed by atoms with Crippen molar-refractivity contribution in [3.05, 3.63) is 58.6 Å². The molecule has 1 aliphatic rings. The molecule has 1 N–H and O–H groups in total. The maximum absolute atomic E-state index is 13.9. The zero-order valence-corrected chi connectivity index (χ0v) is 14.1. The van der Waals surface area contributed by atoms with Crippen LogP contribution in [0.25, 0.3) is 0 Å². The SMILES string of the molecule is O=S(=O)(N[C@@H]1CCSc2c(F)cccc21)c1ccc(Cl)cc1F. The number of benzene rings is 2. The Balaban J connectivity index is 1.95. The zero-order valence-electron chi connectivity index (χ0n) is 11.7. The molecular formula is C15H12ClF2NO2S2. The van der Waals surface area contributed by atoms with E-state index >= 15 is 0 Å². The molecule has 122 valence electrons. The average molecular weight is 376 g/mol. The second-order valence-corrected chi connectivity index (χ2v) is 8.27. The van der Waals surface area contributed by atoms with Crippen LogP contribution in [-0.4, -0.2) is 14.2 Å². The molecular weight excluding hydrogens is 364 g/mol. The van der Waals surface area contributed by atoms with Gasteiger partial charge < -0.3 is 0 Å². The summed E-state index contributed by atoms with van der Waals surface area (Å²) in [4.78, 5) is -0.0406. The Hall–Kier alpha value is -1.15. The van der Waals surface area contributed by atoms with Crippen LogP contribution in [0.15, 0.2) is 46.2 Å². The van der Waals surface area contributed by atoms with E-state index in [-0.39, 0.29) is 10.8 Å². The first-order valence-electron chi connectivity index (χ1n) is 6.77. The first kappa shape index (κ1) is 16.7. The van der Waals surface area contributed by atoms with Crippen molar-refractivity contribution in [2.75, 3.05) is 5.75 Å². The predicted octanol–water partition coefficient (Wildman–Crippen LogP) is 4.13. The van der Waals surface area contributed by atoms with E-state index < -0.39 is 26.8 Å². The van der Waals surface area contributed by atoms with Crippen LogP contribution in [-0.2, 0) is 10.0 Å². The summed E-state index contributed by atoms with van der Waals surface area (Å²) in [6.07, 6.45) is 0.496. The molecule has 0 aromatic heterocycles. The number of thioether (sulfide) groups is 1. The average Bonchev–Trinajstić information content (AvgIpc) is 2.47. The number of fused-ring (bicyclic) bond motifs is 1. The fourth-order valence-electron chi connectivity index (χ4n) is 2.45. The standard InChI is InChI=1S/C15H12ClF2NO2S2/c16-9-4-5-14(12(18)8-9)23(20,21)19-13-6-7-22-15-10(13)2-1-3-11(15)17/h1-5,8,13,19H,6-7H2/t13-/m1/s1. The molecule has 0 spiro atoms. The van der Waals surface area contributed by atoms with Crippen molar-refractivity contribution in [3.63, 3.8) is 0 Å². The minimum atomic E-state index is -4.08. The third-order valence-electron chi connectivity index (χ3n) is 3.51.